The van der Waals surface area contributed by atoms with E-state index in [0.29, 0.717) is 0 Å². The van der Waals surface area contributed by atoms with E-state index in [-0.39, 0.29) is 5.82 Å². The molecular formula is C14H15F3N4O2. The number of hydrogen-bond donors (Lipinski definition) is 1. The molecule has 2 aromatic rings. The van der Waals surface area contributed by atoms with Gasteiger partial charge < -0.3 is 4.74 Å². The summed E-state index contributed by atoms with van der Waals surface area (Å²) in [6.45, 7) is 4.82. The Kier molecular flexibility index (Phi) is 4.31. The van der Waals surface area contributed by atoms with E-state index in [9.17, 15) is 18.0 Å². The molecule has 2 aromatic heterocycles. The summed E-state index contributed by atoms with van der Waals surface area (Å²) in [6, 6.07) is 4.72. The van der Waals surface area contributed by atoms with Gasteiger partial charge in [-0.15, -0.1) is 0 Å². The summed E-state index contributed by atoms with van der Waals surface area (Å²) in [5.41, 5.74) is -2.56. The Labute approximate surface area is 130 Å². The molecule has 0 aliphatic carbocycles. The van der Waals surface area contributed by atoms with Crippen LogP contribution in [0.15, 0.2) is 30.6 Å². The minimum Gasteiger partial charge on any atom is -0.444 e. The van der Waals surface area contributed by atoms with Crippen LogP contribution in [-0.2, 0) is 10.9 Å². The third-order valence-corrected chi connectivity index (χ3v) is 2.50. The van der Waals surface area contributed by atoms with Crippen LogP contribution in [0.25, 0.3) is 5.82 Å². The average Bonchev–Trinajstić information content (AvgIpc) is 2.81. The number of alkyl halides is 3. The van der Waals surface area contributed by atoms with Crippen molar-refractivity contribution in [2.45, 2.75) is 32.5 Å². The smallest absolute Gasteiger partial charge is 0.437 e. The first-order valence-electron chi connectivity index (χ1n) is 6.64. The fourth-order valence-corrected chi connectivity index (χ4v) is 1.69. The largest absolute Gasteiger partial charge is 0.444 e. The van der Waals surface area contributed by atoms with Gasteiger partial charge in [-0.05, 0) is 32.9 Å². The van der Waals surface area contributed by atoms with Crippen LogP contribution in [0.4, 0.5) is 23.7 Å². The molecule has 0 fully saturated rings. The Bertz CT molecular complexity index is 690. The zero-order valence-corrected chi connectivity index (χ0v) is 12.7. The molecule has 6 nitrogen and oxygen atoms in total. The lowest BCUT2D eigenvalue weighted by Gasteiger charge is -2.19. The van der Waals surface area contributed by atoms with Crippen molar-refractivity contribution >= 4 is 11.8 Å². The van der Waals surface area contributed by atoms with E-state index in [0.717, 1.165) is 10.9 Å². The van der Waals surface area contributed by atoms with Crippen molar-refractivity contribution in [1.29, 1.82) is 0 Å². The standard InChI is InChI=1S/C14H15F3N4O2/c1-13(2,3)23-12(22)19-9-8-21(10-6-4-5-7-18-10)20-11(9)14(15,16)17/h4-8H,1-3H3,(H,19,22). The first kappa shape index (κ1) is 16.8. The summed E-state index contributed by atoms with van der Waals surface area (Å²) in [6.07, 6.45) is -3.27. The van der Waals surface area contributed by atoms with Crippen LogP contribution >= 0.6 is 0 Å². The maximum Gasteiger partial charge on any atom is 0.437 e. The van der Waals surface area contributed by atoms with Gasteiger partial charge in [-0.3, -0.25) is 5.32 Å². The van der Waals surface area contributed by atoms with Crippen LogP contribution in [-0.4, -0.2) is 26.5 Å². The lowest BCUT2D eigenvalue weighted by molar-refractivity contribution is -0.140. The zero-order valence-electron chi connectivity index (χ0n) is 12.7. The second kappa shape index (κ2) is 5.90. The van der Waals surface area contributed by atoms with E-state index in [1.807, 2.05) is 0 Å². The van der Waals surface area contributed by atoms with Gasteiger partial charge in [-0.1, -0.05) is 6.07 Å². The van der Waals surface area contributed by atoms with Crippen LogP contribution in [0.5, 0.6) is 0 Å². The highest BCUT2D eigenvalue weighted by Crippen LogP contribution is 2.34. The summed E-state index contributed by atoms with van der Waals surface area (Å²) in [7, 11) is 0. The number of pyridine rings is 1. The van der Waals surface area contributed by atoms with E-state index in [1.54, 1.807) is 32.9 Å². The van der Waals surface area contributed by atoms with Crippen molar-refractivity contribution in [2.75, 3.05) is 5.32 Å². The van der Waals surface area contributed by atoms with Crippen molar-refractivity contribution < 1.29 is 22.7 Å². The van der Waals surface area contributed by atoms with Gasteiger partial charge in [0.15, 0.2) is 11.5 Å². The number of amides is 1. The molecule has 0 atom stereocenters. The van der Waals surface area contributed by atoms with Gasteiger partial charge in [0.25, 0.3) is 0 Å². The molecule has 1 N–H and O–H groups in total. The molecule has 0 radical (unpaired) electrons. The monoisotopic (exact) mass is 328 g/mol. The molecule has 0 spiro atoms. The molecule has 124 valence electrons. The summed E-state index contributed by atoms with van der Waals surface area (Å²) in [5.74, 6) is 0.190. The highest BCUT2D eigenvalue weighted by atomic mass is 19.4. The Hall–Kier alpha value is -2.58. The third kappa shape index (κ3) is 4.44. The van der Waals surface area contributed by atoms with E-state index in [4.69, 9.17) is 4.74 Å². The van der Waals surface area contributed by atoms with Crippen molar-refractivity contribution in [3.05, 3.63) is 36.3 Å². The lowest BCUT2D eigenvalue weighted by Crippen LogP contribution is -2.27. The predicted molar refractivity (Wildman–Crippen MR) is 76.2 cm³/mol. The molecule has 0 aliphatic heterocycles. The average molecular weight is 328 g/mol. The second-order valence-corrected chi connectivity index (χ2v) is 5.65. The normalized spacial score (nSPS) is 12.1. The number of aromatic nitrogens is 3. The van der Waals surface area contributed by atoms with Crippen molar-refractivity contribution in [1.82, 2.24) is 14.8 Å². The first-order valence-corrected chi connectivity index (χ1v) is 6.64. The molecule has 2 heterocycles. The number of halogens is 3. The molecule has 0 aromatic carbocycles. The molecule has 23 heavy (non-hydrogen) atoms. The highest BCUT2D eigenvalue weighted by Gasteiger charge is 2.38. The molecule has 0 unspecified atom stereocenters. The maximum atomic E-state index is 13.1. The summed E-state index contributed by atoms with van der Waals surface area (Å²) < 4.78 is 45.1. The molecule has 0 bridgehead atoms. The van der Waals surface area contributed by atoms with Crippen LogP contribution in [0, 0.1) is 0 Å². The highest BCUT2D eigenvalue weighted by molar-refractivity contribution is 5.85. The number of nitrogens with one attached hydrogen (secondary N) is 1. The number of rotatable bonds is 2. The minimum absolute atomic E-state index is 0.190. The van der Waals surface area contributed by atoms with Gasteiger partial charge in [0.1, 0.15) is 5.60 Å². The molecule has 0 saturated carbocycles. The Morgan fingerprint density at radius 2 is 1.96 bits per heavy atom. The number of hydrogen-bond acceptors (Lipinski definition) is 4. The van der Waals surface area contributed by atoms with Crippen LogP contribution < -0.4 is 5.32 Å². The maximum absolute atomic E-state index is 13.1. The molecule has 1 amide bonds. The minimum atomic E-state index is -4.73. The van der Waals surface area contributed by atoms with Crippen molar-refractivity contribution in [3.8, 4) is 5.82 Å². The SMILES string of the molecule is CC(C)(C)OC(=O)Nc1cn(-c2ccccn2)nc1C(F)(F)F. The number of nitrogens with zero attached hydrogens (tertiary/aromatic N) is 3. The molecular weight excluding hydrogens is 313 g/mol. The number of carbonyl (C=O) groups excluding carboxylic acids is 1. The number of ether oxygens (including phenoxy) is 1. The van der Waals surface area contributed by atoms with E-state index >= 15 is 0 Å². The first-order chi connectivity index (χ1) is 10.6. The second-order valence-electron chi connectivity index (χ2n) is 5.65. The van der Waals surface area contributed by atoms with E-state index in [1.165, 1.54) is 12.3 Å². The quantitative estimate of drug-likeness (QED) is 0.914. The predicted octanol–water partition coefficient (Wildman–Crippen LogP) is 3.63. The Balaban J connectivity index is 2.34. The van der Waals surface area contributed by atoms with Crippen LogP contribution in [0.1, 0.15) is 26.5 Å². The number of carbonyl (C=O) groups is 1. The third-order valence-electron chi connectivity index (χ3n) is 2.50. The topological polar surface area (TPSA) is 69.0 Å². The summed E-state index contributed by atoms with van der Waals surface area (Å²) in [5, 5.41) is 5.53. The summed E-state index contributed by atoms with van der Waals surface area (Å²) in [4.78, 5) is 15.6. The van der Waals surface area contributed by atoms with E-state index < -0.39 is 29.3 Å². The van der Waals surface area contributed by atoms with Crippen molar-refractivity contribution in [3.63, 3.8) is 0 Å². The van der Waals surface area contributed by atoms with Gasteiger partial charge in [0.2, 0.25) is 0 Å². The Morgan fingerprint density at radius 3 is 2.48 bits per heavy atom. The van der Waals surface area contributed by atoms with E-state index in [2.05, 4.69) is 15.4 Å². The molecule has 2 rings (SSSR count). The van der Waals surface area contributed by atoms with Crippen LogP contribution in [0.3, 0.4) is 0 Å². The molecule has 0 saturated heterocycles. The van der Waals surface area contributed by atoms with Crippen molar-refractivity contribution in [2.24, 2.45) is 0 Å². The lowest BCUT2D eigenvalue weighted by atomic mass is 10.2. The Morgan fingerprint density at radius 1 is 1.26 bits per heavy atom. The fourth-order valence-electron chi connectivity index (χ4n) is 1.69. The van der Waals surface area contributed by atoms with Crippen LogP contribution in [0.2, 0.25) is 0 Å². The zero-order chi connectivity index (χ0) is 17.3. The van der Waals surface area contributed by atoms with Gasteiger partial charge in [0, 0.05) is 6.20 Å². The fraction of sp³-hybridized carbons (Fsp3) is 0.357. The van der Waals surface area contributed by atoms with Gasteiger partial charge in [0.05, 0.1) is 11.9 Å². The summed E-state index contributed by atoms with van der Waals surface area (Å²) >= 11 is 0. The molecule has 9 heteroatoms. The van der Waals surface area contributed by atoms with Gasteiger partial charge in [-0.2, -0.15) is 18.3 Å². The molecule has 0 aliphatic rings. The van der Waals surface area contributed by atoms with Gasteiger partial charge >= 0.3 is 12.3 Å². The van der Waals surface area contributed by atoms with Gasteiger partial charge in [-0.25, -0.2) is 14.5 Å². The number of anilines is 1.